The fraction of sp³-hybridized carbons (Fsp3) is 1.00. The lowest BCUT2D eigenvalue weighted by atomic mass is 10.3. The van der Waals surface area contributed by atoms with Crippen molar-refractivity contribution in [3.8, 4) is 0 Å². The lowest BCUT2D eigenvalue weighted by molar-refractivity contribution is 0.772. The van der Waals surface area contributed by atoms with E-state index in [0.717, 1.165) is 0 Å². The van der Waals surface area contributed by atoms with Crippen LogP contribution in [0.5, 0.6) is 0 Å². The van der Waals surface area contributed by atoms with Gasteiger partial charge in [-0.15, -0.1) is 0 Å². The molecule has 0 unspecified atom stereocenters. The van der Waals surface area contributed by atoms with E-state index in [1.54, 1.807) is 0 Å². The molecule has 0 radical (unpaired) electrons. The maximum absolute atomic E-state index is 2.21. The van der Waals surface area contributed by atoms with Gasteiger partial charge in [0.1, 0.15) is 0 Å². The molecule has 0 nitrogen and oxygen atoms in total. The van der Waals surface area contributed by atoms with Crippen molar-refractivity contribution in [2.45, 2.75) is 141 Å². The van der Waals surface area contributed by atoms with Crippen LogP contribution in [0.4, 0.5) is 0 Å². The molecule has 0 heterocycles. The SMILES string of the molecule is CC.CC.CC.CCCCC.CCCCC.CCCCC. The zero-order chi connectivity index (χ0) is 18.4. The molecule has 0 atom stereocenters. The summed E-state index contributed by atoms with van der Waals surface area (Å²) in [7, 11) is 0. The third-order valence-electron chi connectivity index (χ3n) is 2.12. The van der Waals surface area contributed by atoms with E-state index < -0.39 is 0 Å². The highest BCUT2D eigenvalue weighted by Crippen LogP contribution is 1.89. The van der Waals surface area contributed by atoms with Gasteiger partial charge in [0.15, 0.2) is 0 Å². The Hall–Kier alpha value is 0. The van der Waals surface area contributed by atoms with Crippen LogP contribution in [-0.4, -0.2) is 0 Å². The summed E-state index contributed by atoms with van der Waals surface area (Å²) in [5.41, 5.74) is 0. The number of hydrogen-bond donors (Lipinski definition) is 0. The Morgan fingerprint density at radius 3 is 0.381 bits per heavy atom. The first-order valence-electron chi connectivity index (χ1n) is 10.2. The zero-order valence-electron chi connectivity index (χ0n) is 18.4. The van der Waals surface area contributed by atoms with E-state index in [0.29, 0.717) is 0 Å². The Morgan fingerprint density at radius 2 is 0.381 bits per heavy atom. The summed E-state index contributed by atoms with van der Waals surface area (Å²) in [5.74, 6) is 0. The Kier molecular flexibility index (Phi) is 158. The molecule has 0 spiro atoms. The lowest BCUT2D eigenvalue weighted by Crippen LogP contribution is -1.59. The molecule has 0 aromatic rings. The third kappa shape index (κ3) is 180. The van der Waals surface area contributed by atoms with Crippen molar-refractivity contribution in [3.63, 3.8) is 0 Å². The first kappa shape index (κ1) is 37.3. The van der Waals surface area contributed by atoms with Crippen LogP contribution < -0.4 is 0 Å². The van der Waals surface area contributed by atoms with Crippen molar-refractivity contribution in [1.29, 1.82) is 0 Å². The van der Waals surface area contributed by atoms with E-state index >= 15 is 0 Å². The fourth-order valence-electron chi connectivity index (χ4n) is 1.06. The van der Waals surface area contributed by atoms with Gasteiger partial charge in [0, 0.05) is 0 Å². The molecule has 138 valence electrons. The quantitative estimate of drug-likeness (QED) is 0.458. The van der Waals surface area contributed by atoms with Gasteiger partial charge in [0.2, 0.25) is 0 Å². The number of rotatable bonds is 6. The maximum Gasteiger partial charge on any atom is -0.0538 e. The second-order valence-corrected chi connectivity index (χ2v) is 4.06. The van der Waals surface area contributed by atoms with Gasteiger partial charge in [-0.05, 0) is 0 Å². The molecule has 0 aliphatic carbocycles. The molecule has 0 amide bonds. The molecule has 0 aliphatic heterocycles. The van der Waals surface area contributed by atoms with Crippen molar-refractivity contribution in [2.75, 3.05) is 0 Å². The summed E-state index contributed by atoms with van der Waals surface area (Å²) >= 11 is 0. The molecule has 0 fully saturated rings. The van der Waals surface area contributed by atoms with Gasteiger partial charge >= 0.3 is 0 Å². The molecule has 0 rings (SSSR count). The minimum absolute atomic E-state index is 1.34. The summed E-state index contributed by atoms with van der Waals surface area (Å²) < 4.78 is 0. The normalized spacial score (nSPS) is 6.86. The van der Waals surface area contributed by atoms with Crippen LogP contribution in [0.3, 0.4) is 0 Å². The lowest BCUT2D eigenvalue weighted by Gasteiger charge is -1.79. The Bertz CT molecular complexity index is 36.8. The van der Waals surface area contributed by atoms with Crippen LogP contribution >= 0.6 is 0 Å². The van der Waals surface area contributed by atoms with Crippen molar-refractivity contribution in [1.82, 2.24) is 0 Å². The molecule has 0 aromatic carbocycles. The van der Waals surface area contributed by atoms with Gasteiger partial charge in [-0.2, -0.15) is 0 Å². The smallest absolute Gasteiger partial charge is 0.0538 e. The minimum atomic E-state index is 1.34. The van der Waals surface area contributed by atoms with E-state index in [4.69, 9.17) is 0 Å². The highest BCUT2D eigenvalue weighted by Gasteiger charge is 1.69. The van der Waals surface area contributed by atoms with Gasteiger partial charge in [0.25, 0.3) is 0 Å². The predicted octanol–water partition coefficient (Wildman–Crippen LogP) is 9.67. The Morgan fingerprint density at radius 1 is 0.286 bits per heavy atom. The average molecular weight is 307 g/mol. The van der Waals surface area contributed by atoms with Crippen LogP contribution in [0.25, 0.3) is 0 Å². The topological polar surface area (TPSA) is 0 Å². The van der Waals surface area contributed by atoms with Crippen molar-refractivity contribution >= 4 is 0 Å². The predicted molar refractivity (Wildman–Crippen MR) is 110 cm³/mol. The van der Waals surface area contributed by atoms with Gasteiger partial charge in [0.05, 0.1) is 0 Å². The molecule has 0 aliphatic rings. The summed E-state index contributed by atoms with van der Waals surface area (Å²) in [6.07, 6.45) is 12.2. The first-order valence-corrected chi connectivity index (χ1v) is 10.2. The van der Waals surface area contributed by atoms with E-state index in [9.17, 15) is 0 Å². The number of unbranched alkanes of at least 4 members (excludes halogenated alkanes) is 6. The molecule has 0 heteroatoms. The van der Waals surface area contributed by atoms with Crippen LogP contribution in [0, 0.1) is 0 Å². The van der Waals surface area contributed by atoms with Crippen LogP contribution in [0.15, 0.2) is 0 Å². The second kappa shape index (κ2) is 89.1. The highest BCUT2D eigenvalue weighted by molar-refractivity contribution is 4.25. The van der Waals surface area contributed by atoms with E-state index in [2.05, 4.69) is 41.5 Å². The van der Waals surface area contributed by atoms with Gasteiger partial charge in [-0.25, -0.2) is 0 Å². The highest BCUT2D eigenvalue weighted by atomic mass is 13.8. The van der Waals surface area contributed by atoms with E-state index in [1.165, 1.54) is 57.8 Å². The number of hydrogen-bond acceptors (Lipinski definition) is 0. The standard InChI is InChI=1S/3C5H12.3C2H6/c3*1-3-5-4-2;3*1-2/h3*3-5H2,1-2H3;3*1-2H3. The molecule has 0 bridgehead atoms. The minimum Gasteiger partial charge on any atom is -0.0683 e. The fourth-order valence-corrected chi connectivity index (χ4v) is 1.06. The molecule has 21 heavy (non-hydrogen) atoms. The summed E-state index contributed by atoms with van der Waals surface area (Å²) in [4.78, 5) is 0. The average Bonchev–Trinajstić information content (AvgIpc) is 2.57. The maximum atomic E-state index is 2.21. The molecule has 0 N–H and O–H groups in total. The Balaban J connectivity index is -0.0000000340. The first-order chi connectivity index (χ1) is 10.2. The van der Waals surface area contributed by atoms with Crippen LogP contribution in [0.1, 0.15) is 141 Å². The third-order valence-corrected chi connectivity index (χ3v) is 2.12. The van der Waals surface area contributed by atoms with Crippen molar-refractivity contribution in [3.05, 3.63) is 0 Å². The molecular weight excluding hydrogens is 252 g/mol. The second-order valence-electron chi connectivity index (χ2n) is 4.06. The van der Waals surface area contributed by atoms with Crippen molar-refractivity contribution < 1.29 is 0 Å². The van der Waals surface area contributed by atoms with Gasteiger partial charge in [-0.1, -0.05) is 141 Å². The van der Waals surface area contributed by atoms with E-state index in [-0.39, 0.29) is 0 Å². The molecular formula is C21H54. The summed E-state index contributed by atoms with van der Waals surface area (Å²) in [5, 5.41) is 0. The summed E-state index contributed by atoms with van der Waals surface area (Å²) in [6, 6.07) is 0. The van der Waals surface area contributed by atoms with Crippen LogP contribution in [-0.2, 0) is 0 Å². The van der Waals surface area contributed by atoms with E-state index in [1.807, 2.05) is 41.5 Å². The molecule has 0 aromatic heterocycles. The zero-order valence-corrected chi connectivity index (χ0v) is 18.4. The van der Waals surface area contributed by atoms with Crippen molar-refractivity contribution in [2.24, 2.45) is 0 Å². The largest absolute Gasteiger partial charge is 0.0683 e. The van der Waals surface area contributed by atoms with Crippen LogP contribution in [0.2, 0.25) is 0 Å². The molecule has 0 saturated carbocycles. The van der Waals surface area contributed by atoms with Gasteiger partial charge in [-0.3, -0.25) is 0 Å². The monoisotopic (exact) mass is 306 g/mol. The Labute approximate surface area is 141 Å². The molecule has 0 saturated heterocycles. The van der Waals surface area contributed by atoms with Gasteiger partial charge < -0.3 is 0 Å². The summed E-state index contributed by atoms with van der Waals surface area (Å²) in [6.45, 7) is 25.3.